The highest BCUT2D eigenvalue weighted by Gasteiger charge is 2.10. The van der Waals surface area contributed by atoms with Crippen molar-refractivity contribution in [1.82, 2.24) is 25.5 Å². The lowest BCUT2D eigenvalue weighted by molar-refractivity contribution is 0.0954. The van der Waals surface area contributed by atoms with E-state index in [4.69, 9.17) is 4.74 Å². The first-order chi connectivity index (χ1) is 13.1. The summed E-state index contributed by atoms with van der Waals surface area (Å²) in [6, 6.07) is 15.2. The third-order valence-electron chi connectivity index (χ3n) is 4.15. The maximum atomic E-state index is 12.3. The Morgan fingerprint density at radius 1 is 1.11 bits per heavy atom. The topological polar surface area (TPSA) is 81.9 Å². The third-order valence-corrected chi connectivity index (χ3v) is 4.15. The first kappa shape index (κ1) is 18.6. The number of methoxy groups -OCH3 is 1. The van der Waals surface area contributed by atoms with Crippen LogP contribution in [-0.4, -0.2) is 39.8 Å². The number of nitrogens with one attached hydrogen (secondary N) is 1. The molecule has 0 spiro atoms. The van der Waals surface area contributed by atoms with Crippen molar-refractivity contribution in [3.05, 3.63) is 59.7 Å². The van der Waals surface area contributed by atoms with E-state index in [1.54, 1.807) is 24.0 Å². The predicted molar refractivity (Wildman–Crippen MR) is 103 cm³/mol. The van der Waals surface area contributed by atoms with E-state index in [-0.39, 0.29) is 11.9 Å². The Balaban J connectivity index is 1.55. The van der Waals surface area contributed by atoms with Gasteiger partial charge in [0.25, 0.3) is 5.91 Å². The molecule has 7 nitrogen and oxygen atoms in total. The molecule has 0 bridgehead atoms. The summed E-state index contributed by atoms with van der Waals surface area (Å²) in [5.41, 5.74) is 2.58. The third kappa shape index (κ3) is 4.69. The van der Waals surface area contributed by atoms with Gasteiger partial charge in [-0.1, -0.05) is 24.3 Å². The van der Waals surface area contributed by atoms with Crippen LogP contribution in [0.5, 0.6) is 5.75 Å². The van der Waals surface area contributed by atoms with Crippen LogP contribution < -0.4 is 10.1 Å². The van der Waals surface area contributed by atoms with Crippen molar-refractivity contribution in [1.29, 1.82) is 0 Å². The zero-order chi connectivity index (χ0) is 19.2. The van der Waals surface area contributed by atoms with E-state index in [9.17, 15) is 4.79 Å². The molecule has 0 fully saturated rings. The minimum atomic E-state index is -0.103. The van der Waals surface area contributed by atoms with E-state index >= 15 is 0 Å². The molecule has 0 aliphatic rings. The average molecular weight is 365 g/mol. The van der Waals surface area contributed by atoms with Crippen LogP contribution in [0.25, 0.3) is 11.4 Å². The second-order valence-corrected chi connectivity index (χ2v) is 6.46. The molecule has 0 saturated heterocycles. The smallest absolute Gasteiger partial charge is 0.251 e. The van der Waals surface area contributed by atoms with Crippen LogP contribution in [0, 0.1) is 0 Å². The molecule has 0 aliphatic heterocycles. The number of nitrogens with zero attached hydrogens (tertiary/aromatic N) is 4. The fraction of sp³-hybridized carbons (Fsp3) is 0.300. The molecule has 0 saturated carbocycles. The van der Waals surface area contributed by atoms with E-state index in [2.05, 4.69) is 20.7 Å². The van der Waals surface area contributed by atoms with Gasteiger partial charge in [-0.3, -0.25) is 4.79 Å². The van der Waals surface area contributed by atoms with Crippen molar-refractivity contribution in [3.8, 4) is 17.1 Å². The Hall–Kier alpha value is -3.22. The lowest BCUT2D eigenvalue weighted by Crippen LogP contribution is -2.25. The minimum absolute atomic E-state index is 0.103. The van der Waals surface area contributed by atoms with E-state index in [1.807, 2.05) is 50.2 Å². The highest BCUT2D eigenvalue weighted by Crippen LogP contribution is 2.16. The number of carbonyl (C=O) groups is 1. The molecule has 1 heterocycles. The number of benzene rings is 2. The average Bonchev–Trinajstić information content (AvgIpc) is 3.19. The van der Waals surface area contributed by atoms with Gasteiger partial charge in [-0.15, -0.1) is 10.2 Å². The summed E-state index contributed by atoms with van der Waals surface area (Å²) in [4.78, 5) is 13.9. The molecule has 3 rings (SSSR count). The van der Waals surface area contributed by atoms with Crippen LogP contribution in [0.1, 0.15) is 35.8 Å². The number of carbonyl (C=O) groups excluding carboxylic acids is 1. The fourth-order valence-corrected chi connectivity index (χ4v) is 2.54. The molecule has 0 atom stereocenters. The molecule has 0 unspecified atom stereocenters. The van der Waals surface area contributed by atoms with Crippen molar-refractivity contribution in [3.63, 3.8) is 0 Å². The molecule has 1 aromatic heterocycles. The zero-order valence-corrected chi connectivity index (χ0v) is 15.7. The quantitative estimate of drug-likeness (QED) is 0.696. The van der Waals surface area contributed by atoms with Gasteiger partial charge in [-0.25, -0.2) is 0 Å². The van der Waals surface area contributed by atoms with Crippen molar-refractivity contribution in [2.45, 2.75) is 26.3 Å². The summed E-state index contributed by atoms with van der Waals surface area (Å²) in [6.07, 6.45) is 0.760. The Morgan fingerprint density at radius 3 is 2.41 bits per heavy atom. The highest BCUT2D eigenvalue weighted by atomic mass is 16.5. The van der Waals surface area contributed by atoms with Gasteiger partial charge in [0.05, 0.1) is 13.2 Å². The summed E-state index contributed by atoms with van der Waals surface area (Å²) in [6.45, 7) is 4.55. The summed E-state index contributed by atoms with van der Waals surface area (Å²) < 4.78 is 5.14. The van der Waals surface area contributed by atoms with E-state index < -0.39 is 0 Å². The van der Waals surface area contributed by atoms with Crippen molar-refractivity contribution < 1.29 is 9.53 Å². The maximum absolute atomic E-state index is 12.3. The lowest BCUT2D eigenvalue weighted by Gasteiger charge is -2.07. The summed E-state index contributed by atoms with van der Waals surface area (Å²) in [5.74, 6) is 1.27. The molecule has 27 heavy (non-hydrogen) atoms. The molecule has 0 radical (unpaired) electrons. The number of hydrogen-bond acceptors (Lipinski definition) is 5. The van der Waals surface area contributed by atoms with Gasteiger partial charge in [0.15, 0.2) is 0 Å². The monoisotopic (exact) mass is 365 g/mol. The first-order valence-corrected chi connectivity index (χ1v) is 8.88. The Kier molecular flexibility index (Phi) is 5.80. The largest absolute Gasteiger partial charge is 0.497 e. The van der Waals surface area contributed by atoms with Gasteiger partial charge in [0, 0.05) is 17.7 Å². The van der Waals surface area contributed by atoms with Crippen LogP contribution in [0.4, 0.5) is 0 Å². The Labute approximate surface area is 158 Å². The highest BCUT2D eigenvalue weighted by molar-refractivity contribution is 5.94. The van der Waals surface area contributed by atoms with Crippen molar-refractivity contribution >= 4 is 5.91 Å². The van der Waals surface area contributed by atoms with Gasteiger partial charge in [-0.05, 0) is 55.3 Å². The molecular weight excluding hydrogens is 342 g/mol. The Morgan fingerprint density at radius 2 is 1.81 bits per heavy atom. The van der Waals surface area contributed by atoms with Gasteiger partial charge in [0.2, 0.25) is 5.82 Å². The van der Waals surface area contributed by atoms with E-state index in [0.29, 0.717) is 17.9 Å². The van der Waals surface area contributed by atoms with E-state index in [0.717, 1.165) is 23.3 Å². The summed E-state index contributed by atoms with van der Waals surface area (Å²) in [5, 5.41) is 15.3. The maximum Gasteiger partial charge on any atom is 0.251 e. The lowest BCUT2D eigenvalue weighted by atomic mass is 10.1. The second kappa shape index (κ2) is 8.44. The molecule has 0 aliphatic carbocycles. The van der Waals surface area contributed by atoms with Crippen molar-refractivity contribution in [2.75, 3.05) is 13.7 Å². The van der Waals surface area contributed by atoms with Gasteiger partial charge < -0.3 is 10.1 Å². The molecule has 7 heteroatoms. The SMILES string of the molecule is COc1ccc(CCNC(=O)c2ccc(-c3nnn(C(C)C)n3)cc2)cc1. The van der Waals surface area contributed by atoms with Crippen molar-refractivity contribution in [2.24, 2.45) is 0 Å². The Bertz CT molecular complexity index is 885. The predicted octanol–water partition coefficient (Wildman–Crippen LogP) is 2.90. The fourth-order valence-electron chi connectivity index (χ4n) is 2.54. The molecular formula is C20H23N5O2. The number of rotatable bonds is 7. The number of tetrazole rings is 1. The van der Waals surface area contributed by atoms with Crippen LogP contribution in [-0.2, 0) is 6.42 Å². The standard InChI is InChI=1S/C20H23N5O2/c1-14(2)25-23-19(22-24-25)16-6-8-17(9-7-16)20(26)21-13-12-15-4-10-18(27-3)11-5-15/h4-11,14H,12-13H2,1-3H3,(H,21,26). The molecule has 1 N–H and O–H groups in total. The van der Waals surface area contributed by atoms with Crippen LogP contribution in [0.2, 0.25) is 0 Å². The minimum Gasteiger partial charge on any atom is -0.497 e. The van der Waals surface area contributed by atoms with Gasteiger partial charge >= 0.3 is 0 Å². The second-order valence-electron chi connectivity index (χ2n) is 6.46. The number of aromatic nitrogens is 4. The zero-order valence-electron chi connectivity index (χ0n) is 15.7. The molecule has 140 valence electrons. The van der Waals surface area contributed by atoms with Crippen LogP contribution in [0.15, 0.2) is 48.5 Å². The van der Waals surface area contributed by atoms with Gasteiger partial charge in [0.1, 0.15) is 5.75 Å². The van der Waals surface area contributed by atoms with Gasteiger partial charge in [-0.2, -0.15) is 4.80 Å². The normalized spacial score (nSPS) is 10.8. The summed E-state index contributed by atoms with van der Waals surface area (Å²) >= 11 is 0. The van der Waals surface area contributed by atoms with E-state index in [1.165, 1.54) is 0 Å². The first-order valence-electron chi connectivity index (χ1n) is 8.88. The van der Waals surface area contributed by atoms with Crippen LogP contribution >= 0.6 is 0 Å². The molecule has 1 amide bonds. The molecule has 3 aromatic rings. The number of ether oxygens (including phenoxy) is 1. The number of amides is 1. The summed E-state index contributed by atoms with van der Waals surface area (Å²) in [7, 11) is 1.64. The van der Waals surface area contributed by atoms with Crippen LogP contribution in [0.3, 0.4) is 0 Å². The number of hydrogen-bond donors (Lipinski definition) is 1. The molecule has 2 aromatic carbocycles.